The Morgan fingerprint density at radius 1 is 1.33 bits per heavy atom. The molecule has 3 heteroatoms. The van der Waals surface area contributed by atoms with Gasteiger partial charge < -0.3 is 10.4 Å². The second-order valence-corrected chi connectivity index (χ2v) is 2.92. The predicted octanol–water partition coefficient (Wildman–Crippen LogP) is 0.0812. The Morgan fingerprint density at radius 3 is 3.17 bits per heavy atom. The normalized spacial score (nSPS) is 33.2. The fraction of sp³-hybridized carbons (Fsp3) is 0.333. The van der Waals surface area contributed by atoms with Crippen molar-refractivity contribution in [3.8, 4) is 0 Å². The molecule has 0 amide bonds. The average molecular weight is 164 g/mol. The highest BCUT2D eigenvalue weighted by atomic mass is 16.3. The van der Waals surface area contributed by atoms with Gasteiger partial charge in [-0.15, -0.1) is 0 Å². The van der Waals surface area contributed by atoms with Crippen LogP contribution in [0.2, 0.25) is 0 Å². The molecular weight excluding hydrogens is 152 g/mol. The number of allylic oxidation sites excluding steroid dienone is 4. The summed E-state index contributed by atoms with van der Waals surface area (Å²) >= 11 is 0. The SMILES string of the molecule is OC1NCNC2=CC=CC=CC21. The standard InChI is InChI=1S/C9H12N2O/c12-9-7-4-2-1-3-5-8(7)10-6-11-9/h1-5,7,9-12H,6H2. The molecule has 3 nitrogen and oxygen atoms in total. The van der Waals surface area contributed by atoms with Gasteiger partial charge in [0, 0.05) is 5.70 Å². The first-order valence-corrected chi connectivity index (χ1v) is 4.08. The highest BCUT2D eigenvalue weighted by Gasteiger charge is 2.24. The van der Waals surface area contributed by atoms with Crippen molar-refractivity contribution >= 4 is 0 Å². The summed E-state index contributed by atoms with van der Waals surface area (Å²) in [7, 11) is 0. The van der Waals surface area contributed by atoms with E-state index in [1.54, 1.807) is 0 Å². The first-order chi connectivity index (χ1) is 5.88. The van der Waals surface area contributed by atoms with Gasteiger partial charge in [0.25, 0.3) is 0 Å². The zero-order valence-corrected chi connectivity index (χ0v) is 6.70. The second kappa shape index (κ2) is 3.13. The summed E-state index contributed by atoms with van der Waals surface area (Å²) in [4.78, 5) is 0. The third-order valence-corrected chi connectivity index (χ3v) is 2.12. The van der Waals surface area contributed by atoms with Gasteiger partial charge in [0.1, 0.15) is 6.23 Å². The lowest BCUT2D eigenvalue weighted by Crippen LogP contribution is -2.49. The molecule has 2 atom stereocenters. The van der Waals surface area contributed by atoms with Crippen LogP contribution in [0.3, 0.4) is 0 Å². The van der Waals surface area contributed by atoms with Gasteiger partial charge in [-0.3, -0.25) is 5.32 Å². The van der Waals surface area contributed by atoms with Gasteiger partial charge >= 0.3 is 0 Å². The Bertz CT molecular complexity index is 255. The molecule has 0 bridgehead atoms. The molecule has 0 aromatic heterocycles. The van der Waals surface area contributed by atoms with Crippen LogP contribution in [-0.4, -0.2) is 18.0 Å². The van der Waals surface area contributed by atoms with Crippen molar-refractivity contribution < 1.29 is 5.11 Å². The van der Waals surface area contributed by atoms with Gasteiger partial charge in [0.15, 0.2) is 0 Å². The van der Waals surface area contributed by atoms with E-state index in [9.17, 15) is 5.11 Å². The minimum atomic E-state index is -0.464. The molecule has 2 rings (SSSR count). The zero-order chi connectivity index (χ0) is 8.39. The summed E-state index contributed by atoms with van der Waals surface area (Å²) in [6, 6.07) is 0. The van der Waals surface area contributed by atoms with Crippen molar-refractivity contribution in [3.63, 3.8) is 0 Å². The maximum absolute atomic E-state index is 9.56. The highest BCUT2D eigenvalue weighted by Crippen LogP contribution is 2.18. The Kier molecular flexibility index (Phi) is 1.98. The quantitative estimate of drug-likeness (QED) is 0.475. The average Bonchev–Trinajstić information content (AvgIpc) is 2.30. The van der Waals surface area contributed by atoms with E-state index in [4.69, 9.17) is 0 Å². The van der Waals surface area contributed by atoms with Crippen molar-refractivity contribution in [2.75, 3.05) is 6.67 Å². The molecule has 1 fully saturated rings. The summed E-state index contributed by atoms with van der Waals surface area (Å²) in [5.74, 6) is 0.0637. The van der Waals surface area contributed by atoms with Crippen LogP contribution in [0, 0.1) is 5.92 Å². The smallest absolute Gasteiger partial charge is 0.118 e. The van der Waals surface area contributed by atoms with Gasteiger partial charge in [-0.1, -0.05) is 24.3 Å². The minimum Gasteiger partial charge on any atom is -0.378 e. The number of aliphatic hydroxyl groups is 1. The molecule has 1 aliphatic carbocycles. The number of nitrogens with one attached hydrogen (secondary N) is 2. The maximum atomic E-state index is 9.56. The van der Waals surface area contributed by atoms with Crippen molar-refractivity contribution in [1.82, 2.24) is 10.6 Å². The first kappa shape index (κ1) is 7.58. The molecule has 0 aromatic carbocycles. The fourth-order valence-electron chi connectivity index (χ4n) is 1.46. The van der Waals surface area contributed by atoms with E-state index >= 15 is 0 Å². The molecule has 0 spiro atoms. The molecular formula is C9H12N2O. The highest BCUT2D eigenvalue weighted by molar-refractivity contribution is 5.27. The summed E-state index contributed by atoms with van der Waals surface area (Å²) in [5.41, 5.74) is 1.08. The van der Waals surface area contributed by atoms with Crippen LogP contribution < -0.4 is 10.6 Å². The predicted molar refractivity (Wildman–Crippen MR) is 47.0 cm³/mol. The Labute approximate surface area is 71.5 Å². The summed E-state index contributed by atoms with van der Waals surface area (Å²) in [5, 5.41) is 15.7. The van der Waals surface area contributed by atoms with Crippen molar-refractivity contribution in [1.29, 1.82) is 0 Å². The van der Waals surface area contributed by atoms with E-state index < -0.39 is 6.23 Å². The minimum absolute atomic E-state index is 0.0637. The van der Waals surface area contributed by atoms with E-state index in [2.05, 4.69) is 10.6 Å². The summed E-state index contributed by atoms with van der Waals surface area (Å²) in [6.45, 7) is 0.630. The first-order valence-electron chi connectivity index (χ1n) is 4.08. The monoisotopic (exact) mass is 164 g/mol. The van der Waals surface area contributed by atoms with Gasteiger partial charge in [-0.2, -0.15) is 0 Å². The van der Waals surface area contributed by atoms with Crippen LogP contribution in [0.4, 0.5) is 0 Å². The van der Waals surface area contributed by atoms with E-state index in [1.165, 1.54) is 0 Å². The van der Waals surface area contributed by atoms with Crippen molar-refractivity contribution in [2.24, 2.45) is 5.92 Å². The van der Waals surface area contributed by atoms with Gasteiger partial charge in [0.05, 0.1) is 12.6 Å². The third-order valence-electron chi connectivity index (χ3n) is 2.12. The van der Waals surface area contributed by atoms with E-state index in [1.807, 2.05) is 30.4 Å². The molecule has 1 aliphatic heterocycles. The van der Waals surface area contributed by atoms with E-state index in [-0.39, 0.29) is 5.92 Å². The Morgan fingerprint density at radius 2 is 2.25 bits per heavy atom. The van der Waals surface area contributed by atoms with Gasteiger partial charge in [0.2, 0.25) is 0 Å². The van der Waals surface area contributed by atoms with Crippen LogP contribution >= 0.6 is 0 Å². The van der Waals surface area contributed by atoms with E-state index in [0.29, 0.717) is 6.67 Å². The number of rotatable bonds is 0. The largest absolute Gasteiger partial charge is 0.378 e. The molecule has 0 radical (unpaired) electrons. The lowest BCUT2D eigenvalue weighted by Gasteiger charge is -2.30. The van der Waals surface area contributed by atoms with Crippen LogP contribution in [-0.2, 0) is 0 Å². The number of fused-ring (bicyclic) bond motifs is 1. The molecule has 2 aliphatic rings. The maximum Gasteiger partial charge on any atom is 0.118 e. The lowest BCUT2D eigenvalue weighted by atomic mass is 10.0. The molecule has 1 saturated heterocycles. The van der Waals surface area contributed by atoms with Crippen molar-refractivity contribution in [2.45, 2.75) is 6.23 Å². The Balaban J connectivity index is 2.25. The van der Waals surface area contributed by atoms with Crippen LogP contribution in [0.1, 0.15) is 0 Å². The zero-order valence-electron chi connectivity index (χ0n) is 6.70. The van der Waals surface area contributed by atoms with Crippen LogP contribution in [0.15, 0.2) is 36.1 Å². The molecule has 64 valence electrons. The molecule has 0 saturated carbocycles. The Hall–Kier alpha value is -1.06. The van der Waals surface area contributed by atoms with Crippen molar-refractivity contribution in [3.05, 3.63) is 36.1 Å². The molecule has 0 aromatic rings. The molecule has 2 unspecified atom stereocenters. The topological polar surface area (TPSA) is 44.3 Å². The molecule has 12 heavy (non-hydrogen) atoms. The summed E-state index contributed by atoms with van der Waals surface area (Å²) in [6.07, 6.45) is 9.39. The summed E-state index contributed by atoms with van der Waals surface area (Å²) < 4.78 is 0. The van der Waals surface area contributed by atoms with Gasteiger partial charge in [-0.25, -0.2) is 0 Å². The number of hydrogen-bond donors (Lipinski definition) is 3. The van der Waals surface area contributed by atoms with Crippen LogP contribution in [0.5, 0.6) is 0 Å². The lowest BCUT2D eigenvalue weighted by molar-refractivity contribution is 0.0886. The second-order valence-electron chi connectivity index (χ2n) is 2.92. The number of aliphatic hydroxyl groups excluding tert-OH is 1. The third kappa shape index (κ3) is 1.29. The van der Waals surface area contributed by atoms with E-state index in [0.717, 1.165) is 5.70 Å². The molecule has 1 heterocycles. The number of hydrogen-bond acceptors (Lipinski definition) is 3. The van der Waals surface area contributed by atoms with Gasteiger partial charge in [-0.05, 0) is 6.08 Å². The van der Waals surface area contributed by atoms with Crippen LogP contribution in [0.25, 0.3) is 0 Å². The fourth-order valence-corrected chi connectivity index (χ4v) is 1.46. The molecule has 3 N–H and O–H groups in total.